The number of aromatic nitrogens is 3. The van der Waals surface area contributed by atoms with Gasteiger partial charge in [0.2, 0.25) is 0 Å². The highest BCUT2D eigenvalue weighted by molar-refractivity contribution is 6.01. The number of hydrogen-bond donors (Lipinski definition) is 3. The van der Waals surface area contributed by atoms with Crippen molar-refractivity contribution in [2.24, 2.45) is 0 Å². The molecule has 3 N–H and O–H groups in total. The highest BCUT2D eigenvalue weighted by Gasteiger charge is 2.21. The van der Waals surface area contributed by atoms with Crippen LogP contribution in [0, 0.1) is 11.6 Å². The van der Waals surface area contributed by atoms with Crippen molar-refractivity contribution < 1.29 is 23.5 Å². The van der Waals surface area contributed by atoms with Gasteiger partial charge in [0.1, 0.15) is 18.4 Å². The molecule has 0 fully saturated rings. The number of aromatic amines is 1. The average molecular weight is 348 g/mol. The zero-order valence-corrected chi connectivity index (χ0v) is 12.4. The summed E-state index contributed by atoms with van der Waals surface area (Å²) in [6.45, 7) is -0.685. The number of H-pyrrole nitrogens is 1. The molecule has 8 nitrogen and oxygen atoms in total. The number of carboxylic acid groups (broad SMARTS) is 1. The van der Waals surface area contributed by atoms with Gasteiger partial charge in [0.25, 0.3) is 5.91 Å². The van der Waals surface area contributed by atoms with Gasteiger partial charge in [0.05, 0.1) is 5.69 Å². The Labute approximate surface area is 137 Å². The zero-order valence-electron chi connectivity index (χ0n) is 12.4. The molecule has 1 aromatic carbocycles. The Bertz CT molecular complexity index is 1060. The molecule has 3 rings (SSSR count). The molecular formula is C15H10F2N4O4. The number of rotatable bonds is 4. The summed E-state index contributed by atoms with van der Waals surface area (Å²) in [6.07, 6.45) is 1.16. The molecule has 0 unspecified atom stereocenters. The fourth-order valence-electron chi connectivity index (χ4n) is 2.36. The van der Waals surface area contributed by atoms with Gasteiger partial charge in [-0.1, -0.05) is 6.07 Å². The van der Waals surface area contributed by atoms with E-state index in [2.05, 4.69) is 15.4 Å². The standard InChI is InChI=1S/C15H10F2N4O4/c16-8-3-1-2-7(13(8)17)9-4-10(22)12(14-19-6-20-21(9)14)15(25)18-5-11(23)24/h1-4,6H,5H2,(H,18,25)(H,19,20)(H,23,24). The maximum absolute atomic E-state index is 14.1. The highest BCUT2D eigenvalue weighted by Crippen LogP contribution is 2.24. The van der Waals surface area contributed by atoms with E-state index in [1.54, 1.807) is 0 Å². The summed E-state index contributed by atoms with van der Waals surface area (Å²) in [5.41, 5.74) is -1.61. The molecule has 0 saturated carbocycles. The molecule has 0 atom stereocenters. The fraction of sp³-hybridized carbons (Fsp3) is 0.0667. The van der Waals surface area contributed by atoms with E-state index < -0.39 is 41.0 Å². The van der Waals surface area contributed by atoms with Crippen LogP contribution in [0.1, 0.15) is 10.4 Å². The summed E-state index contributed by atoms with van der Waals surface area (Å²) in [7, 11) is 0. The summed E-state index contributed by atoms with van der Waals surface area (Å²) in [4.78, 5) is 38.8. The lowest BCUT2D eigenvalue weighted by Crippen LogP contribution is -2.33. The van der Waals surface area contributed by atoms with E-state index >= 15 is 0 Å². The molecule has 2 aromatic heterocycles. The number of nitrogens with zero attached hydrogens (tertiary/aromatic N) is 2. The minimum absolute atomic E-state index is 0.0377. The molecular weight excluding hydrogens is 338 g/mol. The first kappa shape index (κ1) is 16.3. The van der Waals surface area contributed by atoms with Gasteiger partial charge in [-0.15, -0.1) is 0 Å². The quantitative estimate of drug-likeness (QED) is 0.644. The van der Waals surface area contributed by atoms with Crippen LogP contribution in [0.15, 0.2) is 35.4 Å². The number of pyridine rings is 1. The molecule has 1 amide bonds. The molecule has 0 spiro atoms. The lowest BCUT2D eigenvalue weighted by molar-refractivity contribution is -0.135. The van der Waals surface area contributed by atoms with E-state index in [1.165, 1.54) is 12.1 Å². The lowest BCUT2D eigenvalue weighted by Gasteiger charge is -2.09. The van der Waals surface area contributed by atoms with Crippen molar-refractivity contribution in [3.8, 4) is 11.3 Å². The number of aliphatic carboxylic acids is 1. The Morgan fingerprint density at radius 2 is 2.08 bits per heavy atom. The zero-order chi connectivity index (χ0) is 18.1. The van der Waals surface area contributed by atoms with E-state index in [-0.39, 0.29) is 16.9 Å². The smallest absolute Gasteiger partial charge is 0.322 e. The second kappa shape index (κ2) is 6.15. The summed E-state index contributed by atoms with van der Waals surface area (Å²) in [5.74, 6) is -4.48. The van der Waals surface area contributed by atoms with Gasteiger partial charge in [0.15, 0.2) is 22.7 Å². The van der Waals surface area contributed by atoms with Crippen molar-refractivity contribution in [2.45, 2.75) is 0 Å². The van der Waals surface area contributed by atoms with E-state index in [4.69, 9.17) is 5.11 Å². The first-order valence-electron chi connectivity index (χ1n) is 6.93. The van der Waals surface area contributed by atoms with Gasteiger partial charge in [-0.25, -0.2) is 18.3 Å². The number of amides is 1. The monoisotopic (exact) mass is 348 g/mol. The molecule has 0 bridgehead atoms. The number of fused-ring (bicyclic) bond motifs is 1. The Morgan fingerprint density at radius 1 is 1.32 bits per heavy atom. The van der Waals surface area contributed by atoms with Crippen molar-refractivity contribution in [1.29, 1.82) is 0 Å². The summed E-state index contributed by atoms with van der Waals surface area (Å²) >= 11 is 0. The summed E-state index contributed by atoms with van der Waals surface area (Å²) < 4.78 is 28.7. The van der Waals surface area contributed by atoms with Crippen molar-refractivity contribution >= 4 is 17.5 Å². The fourth-order valence-corrected chi connectivity index (χ4v) is 2.36. The van der Waals surface area contributed by atoms with Gasteiger partial charge in [0, 0.05) is 11.6 Å². The second-order valence-electron chi connectivity index (χ2n) is 4.99. The Kier molecular flexibility index (Phi) is 4.01. The number of nitrogens with one attached hydrogen (secondary N) is 2. The second-order valence-corrected chi connectivity index (χ2v) is 4.99. The van der Waals surface area contributed by atoms with Crippen molar-refractivity contribution in [3.05, 3.63) is 58.0 Å². The van der Waals surface area contributed by atoms with Crippen LogP contribution >= 0.6 is 0 Å². The molecule has 25 heavy (non-hydrogen) atoms. The van der Waals surface area contributed by atoms with Crippen LogP contribution in [0.3, 0.4) is 0 Å². The van der Waals surface area contributed by atoms with E-state index in [0.717, 1.165) is 23.0 Å². The van der Waals surface area contributed by atoms with Crippen LogP contribution in [-0.2, 0) is 4.79 Å². The van der Waals surface area contributed by atoms with Gasteiger partial charge in [-0.2, -0.15) is 0 Å². The molecule has 0 radical (unpaired) electrons. The van der Waals surface area contributed by atoms with Crippen LogP contribution in [0.5, 0.6) is 0 Å². The third-order valence-corrected chi connectivity index (χ3v) is 3.42. The molecule has 0 aliphatic heterocycles. The van der Waals surface area contributed by atoms with Crippen LogP contribution < -0.4 is 10.7 Å². The maximum Gasteiger partial charge on any atom is 0.322 e. The average Bonchev–Trinajstić information content (AvgIpc) is 3.04. The highest BCUT2D eigenvalue weighted by atomic mass is 19.2. The normalized spacial score (nSPS) is 10.8. The molecule has 0 aliphatic rings. The summed E-state index contributed by atoms with van der Waals surface area (Å²) in [6, 6.07) is 4.41. The van der Waals surface area contributed by atoms with Crippen LogP contribution in [0.4, 0.5) is 8.78 Å². The third-order valence-electron chi connectivity index (χ3n) is 3.42. The summed E-state index contributed by atoms with van der Waals surface area (Å²) in [5, 5.41) is 13.3. The number of carbonyl (C=O) groups excluding carboxylic acids is 1. The van der Waals surface area contributed by atoms with Gasteiger partial charge in [-0.3, -0.25) is 19.5 Å². The molecule has 0 aliphatic carbocycles. The van der Waals surface area contributed by atoms with Crippen LogP contribution in [0.2, 0.25) is 0 Å². The molecule has 128 valence electrons. The van der Waals surface area contributed by atoms with Gasteiger partial charge >= 0.3 is 5.97 Å². The van der Waals surface area contributed by atoms with E-state index in [1.807, 2.05) is 0 Å². The number of hydrogen-bond acceptors (Lipinski definition) is 4. The van der Waals surface area contributed by atoms with Gasteiger partial charge in [-0.05, 0) is 12.1 Å². The molecule has 10 heteroatoms. The topological polar surface area (TPSA) is 117 Å². The van der Waals surface area contributed by atoms with Crippen molar-refractivity contribution in [3.63, 3.8) is 0 Å². The number of halogens is 2. The molecule has 3 aromatic rings. The largest absolute Gasteiger partial charge is 0.480 e. The van der Waals surface area contributed by atoms with Gasteiger partial charge < -0.3 is 10.4 Å². The lowest BCUT2D eigenvalue weighted by atomic mass is 10.1. The van der Waals surface area contributed by atoms with E-state index in [0.29, 0.717) is 0 Å². The SMILES string of the molecule is O=C(O)CNC(=O)c1c(=O)cc(-c2cccc(F)c2F)n2[nH]cnc12. The van der Waals surface area contributed by atoms with Crippen molar-refractivity contribution in [1.82, 2.24) is 19.9 Å². The van der Waals surface area contributed by atoms with Crippen LogP contribution in [0.25, 0.3) is 16.9 Å². The first-order valence-corrected chi connectivity index (χ1v) is 6.93. The van der Waals surface area contributed by atoms with Crippen molar-refractivity contribution in [2.75, 3.05) is 6.54 Å². The number of carbonyl (C=O) groups is 2. The molecule has 0 saturated heterocycles. The van der Waals surface area contributed by atoms with Crippen LogP contribution in [-0.4, -0.2) is 38.1 Å². The first-order chi connectivity index (χ1) is 11.9. The predicted octanol–water partition coefficient (Wildman–Crippen LogP) is 0.782. The van der Waals surface area contributed by atoms with E-state index in [9.17, 15) is 23.2 Å². The molecule has 2 heterocycles. The number of benzene rings is 1. The Balaban J connectivity index is 2.20. The minimum atomic E-state index is -1.29. The number of carboxylic acids is 1. The Morgan fingerprint density at radius 3 is 2.80 bits per heavy atom. The maximum atomic E-state index is 14.1. The minimum Gasteiger partial charge on any atom is -0.480 e. The predicted molar refractivity (Wildman–Crippen MR) is 81.1 cm³/mol. The Hall–Kier alpha value is -3.56. The third kappa shape index (κ3) is 2.84.